The molecule has 1 aliphatic heterocycles. The molecule has 0 spiro atoms. The lowest BCUT2D eigenvalue weighted by Crippen LogP contribution is -2.22. The number of hydrogen-bond donors (Lipinski definition) is 1. The van der Waals surface area contributed by atoms with Crippen molar-refractivity contribution in [1.29, 1.82) is 0 Å². The van der Waals surface area contributed by atoms with Gasteiger partial charge in [-0.15, -0.1) is 21.5 Å². The topological polar surface area (TPSA) is 72.7 Å². The third-order valence-electron chi connectivity index (χ3n) is 4.10. The van der Waals surface area contributed by atoms with Gasteiger partial charge in [0.2, 0.25) is 5.91 Å². The summed E-state index contributed by atoms with van der Waals surface area (Å²) in [5.41, 5.74) is 0.832. The average Bonchev–Trinajstić information content (AvgIpc) is 3.08. The third-order valence-corrected chi connectivity index (χ3v) is 4.90. The highest BCUT2D eigenvalue weighted by molar-refractivity contribution is 7.09. The lowest BCUT2D eigenvalue weighted by Gasteiger charge is -2.07. The lowest BCUT2D eigenvalue weighted by molar-refractivity contribution is -0.116. The Labute approximate surface area is 146 Å². The van der Waals surface area contributed by atoms with Gasteiger partial charge in [0.1, 0.15) is 11.6 Å². The number of thiazole rings is 1. The molecule has 0 saturated heterocycles. The van der Waals surface area contributed by atoms with Crippen molar-refractivity contribution < 1.29 is 4.79 Å². The van der Waals surface area contributed by atoms with Crippen LogP contribution in [-0.4, -0.2) is 32.2 Å². The fraction of sp³-hybridized carbons (Fsp3) is 0.529. The van der Waals surface area contributed by atoms with Crippen molar-refractivity contribution in [3.63, 3.8) is 0 Å². The molecule has 2 aromatic heterocycles. The molecule has 0 bridgehead atoms. The summed E-state index contributed by atoms with van der Waals surface area (Å²) < 4.78 is 2.26. The van der Waals surface area contributed by atoms with Crippen LogP contribution in [0.15, 0.2) is 11.5 Å². The number of carbonyl (C=O) groups excluding carboxylic acids is 1. The maximum Gasteiger partial charge on any atom is 0.244 e. The van der Waals surface area contributed by atoms with Crippen LogP contribution in [0.25, 0.3) is 6.08 Å². The monoisotopic (exact) mass is 345 g/mol. The smallest absolute Gasteiger partial charge is 0.244 e. The normalized spacial score (nSPS) is 14.5. The number of rotatable bonds is 6. The second kappa shape index (κ2) is 8.19. The molecular formula is C17H23N5OS. The van der Waals surface area contributed by atoms with Crippen molar-refractivity contribution >= 4 is 23.3 Å². The van der Waals surface area contributed by atoms with Crippen LogP contribution in [0.2, 0.25) is 0 Å². The second-order valence-corrected chi connectivity index (χ2v) is 7.08. The van der Waals surface area contributed by atoms with Gasteiger partial charge in [0.15, 0.2) is 0 Å². The standard InChI is InChI=1S/C17H23N5OS/c1-13-19-14(12-24-13)8-9-17(23)18-10-5-7-16-21-20-15-6-3-2-4-11-22(15)16/h8-9,12H,2-7,10-11H2,1H3,(H,18,23). The minimum absolute atomic E-state index is 0.0827. The van der Waals surface area contributed by atoms with E-state index in [-0.39, 0.29) is 5.91 Å². The molecule has 0 radical (unpaired) electrons. The molecule has 0 fully saturated rings. The van der Waals surface area contributed by atoms with Gasteiger partial charge >= 0.3 is 0 Å². The highest BCUT2D eigenvalue weighted by Crippen LogP contribution is 2.15. The van der Waals surface area contributed by atoms with Gasteiger partial charge in [-0.25, -0.2) is 4.98 Å². The zero-order valence-electron chi connectivity index (χ0n) is 14.0. The number of hydrogen-bond acceptors (Lipinski definition) is 5. The van der Waals surface area contributed by atoms with E-state index >= 15 is 0 Å². The number of amides is 1. The van der Waals surface area contributed by atoms with Crippen LogP contribution in [0.4, 0.5) is 0 Å². The first-order valence-electron chi connectivity index (χ1n) is 8.51. The van der Waals surface area contributed by atoms with Gasteiger partial charge in [-0.05, 0) is 32.3 Å². The average molecular weight is 345 g/mol. The molecule has 0 aromatic carbocycles. The summed E-state index contributed by atoms with van der Waals surface area (Å²) in [6.07, 6.45) is 9.72. The molecule has 1 aliphatic rings. The van der Waals surface area contributed by atoms with E-state index in [1.165, 1.54) is 25.3 Å². The lowest BCUT2D eigenvalue weighted by atomic mass is 10.2. The maximum atomic E-state index is 11.8. The van der Waals surface area contributed by atoms with Gasteiger partial charge in [0.25, 0.3) is 0 Å². The van der Waals surface area contributed by atoms with Crippen LogP contribution in [-0.2, 0) is 24.2 Å². The Morgan fingerprint density at radius 2 is 2.29 bits per heavy atom. The van der Waals surface area contributed by atoms with E-state index in [1.54, 1.807) is 17.4 Å². The minimum atomic E-state index is -0.0827. The summed E-state index contributed by atoms with van der Waals surface area (Å²) in [5, 5.41) is 14.5. The Balaban J connectivity index is 1.41. The zero-order chi connectivity index (χ0) is 16.8. The fourth-order valence-corrected chi connectivity index (χ4v) is 3.45. The zero-order valence-corrected chi connectivity index (χ0v) is 14.8. The van der Waals surface area contributed by atoms with Crippen LogP contribution in [0.5, 0.6) is 0 Å². The quantitative estimate of drug-likeness (QED) is 0.645. The highest BCUT2D eigenvalue weighted by Gasteiger charge is 2.14. The van der Waals surface area contributed by atoms with E-state index in [1.807, 2.05) is 12.3 Å². The molecular weight excluding hydrogens is 322 g/mol. The van der Waals surface area contributed by atoms with Crippen molar-refractivity contribution in [3.05, 3.63) is 33.8 Å². The van der Waals surface area contributed by atoms with E-state index in [9.17, 15) is 4.79 Å². The van der Waals surface area contributed by atoms with Gasteiger partial charge in [-0.2, -0.15) is 0 Å². The molecule has 2 aromatic rings. The van der Waals surface area contributed by atoms with Crippen molar-refractivity contribution in [1.82, 2.24) is 25.1 Å². The minimum Gasteiger partial charge on any atom is -0.353 e. The van der Waals surface area contributed by atoms with Gasteiger partial charge in [-0.1, -0.05) is 6.42 Å². The highest BCUT2D eigenvalue weighted by atomic mass is 32.1. The first-order chi connectivity index (χ1) is 11.7. The fourth-order valence-electron chi connectivity index (χ4n) is 2.87. The molecule has 128 valence electrons. The molecule has 1 N–H and O–H groups in total. The summed E-state index contributed by atoms with van der Waals surface area (Å²) in [6.45, 7) is 3.62. The van der Waals surface area contributed by atoms with E-state index in [2.05, 4.69) is 25.1 Å². The summed E-state index contributed by atoms with van der Waals surface area (Å²) in [7, 11) is 0. The van der Waals surface area contributed by atoms with Crippen LogP contribution >= 0.6 is 11.3 Å². The van der Waals surface area contributed by atoms with Crippen LogP contribution in [0.3, 0.4) is 0 Å². The summed E-state index contributed by atoms with van der Waals surface area (Å²) in [6, 6.07) is 0. The van der Waals surface area contributed by atoms with E-state index < -0.39 is 0 Å². The maximum absolute atomic E-state index is 11.8. The second-order valence-electron chi connectivity index (χ2n) is 6.01. The predicted molar refractivity (Wildman–Crippen MR) is 94.8 cm³/mol. The van der Waals surface area contributed by atoms with Gasteiger partial charge in [0, 0.05) is 37.4 Å². The molecule has 7 heteroatoms. The number of aromatic nitrogens is 4. The first-order valence-corrected chi connectivity index (χ1v) is 9.39. The Morgan fingerprint density at radius 3 is 3.12 bits per heavy atom. The number of fused-ring (bicyclic) bond motifs is 1. The molecule has 0 unspecified atom stereocenters. The van der Waals surface area contributed by atoms with Crippen molar-refractivity contribution in [2.75, 3.05) is 6.54 Å². The summed E-state index contributed by atoms with van der Waals surface area (Å²) in [5.74, 6) is 2.09. The Hall–Kier alpha value is -2.02. The first kappa shape index (κ1) is 16.8. The third kappa shape index (κ3) is 4.50. The van der Waals surface area contributed by atoms with Crippen LogP contribution in [0, 0.1) is 6.92 Å². The Morgan fingerprint density at radius 1 is 1.38 bits per heavy atom. The largest absolute Gasteiger partial charge is 0.353 e. The molecule has 3 heterocycles. The van der Waals surface area contributed by atoms with Crippen molar-refractivity contribution in [2.45, 2.75) is 52.0 Å². The molecule has 0 aliphatic carbocycles. The number of carbonyl (C=O) groups is 1. The van der Waals surface area contributed by atoms with Gasteiger partial charge in [-0.3, -0.25) is 4.79 Å². The summed E-state index contributed by atoms with van der Waals surface area (Å²) >= 11 is 1.58. The SMILES string of the molecule is Cc1nc(C=CC(=O)NCCCc2nnc3n2CCCCC3)cs1. The van der Waals surface area contributed by atoms with Gasteiger partial charge in [0.05, 0.1) is 10.7 Å². The van der Waals surface area contributed by atoms with Crippen molar-refractivity contribution in [2.24, 2.45) is 0 Å². The Kier molecular flexibility index (Phi) is 5.74. The molecule has 0 saturated carbocycles. The van der Waals surface area contributed by atoms with Crippen molar-refractivity contribution in [3.8, 4) is 0 Å². The molecule has 3 rings (SSSR count). The molecule has 0 atom stereocenters. The van der Waals surface area contributed by atoms with Gasteiger partial charge < -0.3 is 9.88 Å². The van der Waals surface area contributed by atoms with E-state index in [0.717, 1.165) is 48.2 Å². The summed E-state index contributed by atoms with van der Waals surface area (Å²) in [4.78, 5) is 16.1. The number of aryl methyl sites for hydroxylation is 3. The number of nitrogens with one attached hydrogen (secondary N) is 1. The predicted octanol–water partition coefficient (Wildman–Crippen LogP) is 2.53. The number of nitrogens with zero attached hydrogens (tertiary/aromatic N) is 4. The molecule has 6 nitrogen and oxygen atoms in total. The van der Waals surface area contributed by atoms with Crippen LogP contribution < -0.4 is 5.32 Å². The molecule has 1 amide bonds. The van der Waals surface area contributed by atoms with E-state index in [4.69, 9.17) is 0 Å². The van der Waals surface area contributed by atoms with Crippen LogP contribution in [0.1, 0.15) is 48.0 Å². The van der Waals surface area contributed by atoms with E-state index in [0.29, 0.717) is 6.54 Å². The Bertz CT molecular complexity index is 718. The molecule has 24 heavy (non-hydrogen) atoms.